The molecular weight excluding hydrogens is 476 g/mol. The molecule has 0 heterocycles. The van der Waals surface area contributed by atoms with E-state index in [1.165, 1.54) is 9.88 Å². The SMILES string of the molecule is O=C(OF)C(F)(F)C(F)(F)C(F)(F)C(F)(F)C(F)(F)C(F)(F)C(F)(F)C(=O)OF. The van der Waals surface area contributed by atoms with Crippen molar-refractivity contribution in [2.24, 2.45) is 0 Å². The third kappa shape index (κ3) is 3.19. The first-order chi connectivity index (χ1) is 12.5. The van der Waals surface area contributed by atoms with Crippen molar-refractivity contribution >= 4 is 11.9 Å². The van der Waals surface area contributed by atoms with Gasteiger partial charge in [-0.3, -0.25) is 0 Å². The smallest absolute Gasteiger partial charge is 0.248 e. The van der Waals surface area contributed by atoms with Crippen LogP contribution in [0.15, 0.2) is 0 Å². The van der Waals surface area contributed by atoms with Crippen LogP contribution in [-0.4, -0.2) is 53.4 Å². The molecule has 0 aromatic rings. The average Bonchev–Trinajstić information content (AvgIpc) is 2.58. The van der Waals surface area contributed by atoms with Crippen LogP contribution in [0.5, 0.6) is 0 Å². The third-order valence-corrected chi connectivity index (χ3v) is 3.02. The van der Waals surface area contributed by atoms with E-state index in [1.54, 1.807) is 0 Å². The van der Waals surface area contributed by atoms with Crippen LogP contribution in [0.25, 0.3) is 0 Å². The van der Waals surface area contributed by atoms with E-state index in [0.29, 0.717) is 0 Å². The van der Waals surface area contributed by atoms with E-state index in [4.69, 9.17) is 0 Å². The minimum Gasteiger partial charge on any atom is -0.248 e. The maximum Gasteiger partial charge on any atom is 0.424 e. The summed E-state index contributed by atoms with van der Waals surface area (Å²) in [6, 6.07) is 0. The average molecular weight is 476 g/mol. The largest absolute Gasteiger partial charge is 0.424 e. The van der Waals surface area contributed by atoms with Gasteiger partial charge in [0.05, 0.1) is 0 Å². The highest BCUT2D eigenvalue weighted by atomic mass is 19.4. The number of carbonyl (C=O) groups excluding carboxylic acids is 2. The Morgan fingerprint density at radius 2 is 0.586 bits per heavy atom. The predicted molar refractivity (Wildman–Crippen MR) is 49.0 cm³/mol. The van der Waals surface area contributed by atoms with Gasteiger partial charge in [-0.2, -0.15) is 61.5 Å². The number of rotatable bonds is 8. The van der Waals surface area contributed by atoms with E-state index >= 15 is 0 Å². The second-order valence-corrected chi connectivity index (χ2v) is 4.75. The van der Waals surface area contributed by atoms with Crippen molar-refractivity contribution in [3.05, 3.63) is 0 Å². The second-order valence-electron chi connectivity index (χ2n) is 4.75. The van der Waals surface area contributed by atoms with Gasteiger partial charge in [0.1, 0.15) is 0 Å². The van der Waals surface area contributed by atoms with Crippen LogP contribution in [0, 0.1) is 0 Å². The Balaban J connectivity index is 6.72. The molecule has 0 aliphatic heterocycles. The molecule has 0 aromatic heterocycles. The summed E-state index contributed by atoms with van der Waals surface area (Å²) >= 11 is 0. The lowest BCUT2D eigenvalue weighted by Gasteiger charge is -2.41. The highest BCUT2D eigenvalue weighted by Crippen LogP contribution is 2.62. The fourth-order valence-corrected chi connectivity index (χ4v) is 1.34. The van der Waals surface area contributed by atoms with E-state index < -0.39 is 53.4 Å². The van der Waals surface area contributed by atoms with Gasteiger partial charge in [-0.15, -0.1) is 0 Å². The monoisotopic (exact) mass is 476 g/mol. The minimum absolute atomic E-state index is 1.36. The molecule has 0 aromatic carbocycles. The lowest BCUT2D eigenvalue weighted by atomic mass is 9.89. The van der Waals surface area contributed by atoms with Gasteiger partial charge < -0.3 is 0 Å². The minimum atomic E-state index is -8.65. The summed E-state index contributed by atoms with van der Waals surface area (Å²) in [5, 5.41) is 0. The fourth-order valence-electron chi connectivity index (χ4n) is 1.34. The Labute approximate surface area is 145 Å². The predicted octanol–water partition coefficient (Wildman–Crippen LogP) is 4.29. The Morgan fingerprint density at radius 3 is 0.759 bits per heavy atom. The Morgan fingerprint density at radius 1 is 0.414 bits per heavy atom. The Bertz CT molecular complexity index is 601. The van der Waals surface area contributed by atoms with Crippen LogP contribution in [-0.2, 0) is 19.5 Å². The van der Waals surface area contributed by atoms with Crippen molar-refractivity contribution in [2.45, 2.75) is 41.5 Å². The number of alkyl halides is 14. The molecule has 0 N–H and O–H groups in total. The zero-order chi connectivity index (χ0) is 24.1. The van der Waals surface area contributed by atoms with Gasteiger partial charge in [0, 0.05) is 9.05 Å². The molecule has 0 spiro atoms. The first-order valence-corrected chi connectivity index (χ1v) is 5.77. The molecule has 0 unspecified atom stereocenters. The summed E-state index contributed by atoms with van der Waals surface area (Å²) in [5.74, 6) is -65.8. The van der Waals surface area contributed by atoms with E-state index in [2.05, 4.69) is 0 Å². The van der Waals surface area contributed by atoms with Crippen molar-refractivity contribution in [2.75, 3.05) is 0 Å². The number of hydrogen-bond donors (Lipinski definition) is 0. The van der Waals surface area contributed by atoms with Crippen LogP contribution >= 0.6 is 0 Å². The summed E-state index contributed by atoms with van der Waals surface area (Å²) in [4.78, 5) is 22.8. The van der Waals surface area contributed by atoms with Gasteiger partial charge in [-0.25, -0.2) is 19.5 Å². The quantitative estimate of drug-likeness (QED) is 0.491. The molecule has 0 fully saturated rings. The second kappa shape index (κ2) is 6.96. The lowest BCUT2D eigenvalue weighted by Crippen LogP contribution is -2.74. The molecule has 29 heavy (non-hydrogen) atoms. The summed E-state index contributed by atoms with van der Waals surface area (Å²) < 4.78 is 204. The summed E-state index contributed by atoms with van der Waals surface area (Å²) in [6.45, 7) is 0. The molecule has 172 valence electrons. The van der Waals surface area contributed by atoms with Crippen molar-refractivity contribution in [1.82, 2.24) is 0 Å². The normalized spacial score (nSPS) is 15.2. The summed E-state index contributed by atoms with van der Waals surface area (Å²) in [7, 11) is 0. The molecule has 0 atom stereocenters. The van der Waals surface area contributed by atoms with Gasteiger partial charge in [-0.1, -0.05) is 0 Å². The topological polar surface area (TPSA) is 52.6 Å². The zero-order valence-electron chi connectivity index (χ0n) is 12.2. The van der Waals surface area contributed by atoms with E-state index in [-0.39, 0.29) is 0 Å². The maximum atomic E-state index is 13.1. The molecule has 0 aliphatic carbocycles. The number of carbonyl (C=O) groups is 2. The van der Waals surface area contributed by atoms with Gasteiger partial charge in [0.2, 0.25) is 0 Å². The maximum absolute atomic E-state index is 13.1. The van der Waals surface area contributed by atoms with Gasteiger partial charge in [0.15, 0.2) is 0 Å². The number of hydrogen-bond acceptors (Lipinski definition) is 4. The molecule has 0 amide bonds. The molecule has 20 heteroatoms. The first-order valence-electron chi connectivity index (χ1n) is 5.77. The molecule has 0 saturated heterocycles. The van der Waals surface area contributed by atoms with Gasteiger partial charge in [0.25, 0.3) is 0 Å². The van der Waals surface area contributed by atoms with Crippen molar-refractivity contribution in [1.29, 1.82) is 0 Å². The van der Waals surface area contributed by atoms with E-state index in [1.807, 2.05) is 0 Å². The third-order valence-electron chi connectivity index (χ3n) is 3.02. The molecule has 0 aliphatic rings. The molecular formula is C9F16O4. The molecule has 4 nitrogen and oxygen atoms in total. The molecule has 0 rings (SSSR count). The van der Waals surface area contributed by atoms with E-state index in [0.717, 1.165) is 0 Å². The fraction of sp³-hybridized carbons (Fsp3) is 0.778. The van der Waals surface area contributed by atoms with E-state index in [9.17, 15) is 80.1 Å². The van der Waals surface area contributed by atoms with Crippen LogP contribution in [0.2, 0.25) is 0 Å². The lowest BCUT2D eigenvalue weighted by molar-refractivity contribution is -0.437. The highest BCUT2D eigenvalue weighted by molar-refractivity contribution is 5.79. The number of halogens is 16. The Hall–Kier alpha value is -2.18. The Kier molecular flexibility index (Phi) is 6.43. The first kappa shape index (κ1) is 26.8. The summed E-state index contributed by atoms with van der Waals surface area (Å²) in [5.41, 5.74) is 0. The van der Waals surface area contributed by atoms with Gasteiger partial charge >= 0.3 is 53.4 Å². The van der Waals surface area contributed by atoms with Crippen LogP contribution in [0.1, 0.15) is 0 Å². The van der Waals surface area contributed by atoms with Crippen molar-refractivity contribution < 1.29 is 90.0 Å². The van der Waals surface area contributed by atoms with Crippen LogP contribution in [0.3, 0.4) is 0 Å². The van der Waals surface area contributed by atoms with Crippen molar-refractivity contribution in [3.8, 4) is 0 Å². The zero-order valence-corrected chi connectivity index (χ0v) is 12.2. The van der Waals surface area contributed by atoms with Crippen molar-refractivity contribution in [3.63, 3.8) is 0 Å². The molecule has 0 radical (unpaired) electrons. The summed E-state index contributed by atoms with van der Waals surface area (Å²) in [6.07, 6.45) is 0. The van der Waals surface area contributed by atoms with Gasteiger partial charge in [-0.05, 0) is 0 Å². The highest BCUT2D eigenvalue weighted by Gasteiger charge is 2.94. The molecule has 0 bridgehead atoms. The molecule has 0 saturated carbocycles. The standard InChI is InChI=1S/C9F16O4/c10-3(11,1(26)28-24)5(14,15)7(18,19)9(22,23)8(20,21)6(16,17)4(12,13)2(27)29-25. The van der Waals surface area contributed by atoms with Crippen LogP contribution in [0.4, 0.5) is 70.5 Å². The van der Waals surface area contributed by atoms with Crippen LogP contribution < -0.4 is 0 Å².